The largest absolute Gasteiger partial charge is 0.508 e. The third-order valence-electron chi connectivity index (χ3n) is 1.69. The number of allylic oxidation sites excluding steroid dienone is 3. The Morgan fingerprint density at radius 1 is 1.29 bits per heavy atom. The molecule has 1 nitrogen and oxygen atoms in total. The van der Waals surface area contributed by atoms with Crippen molar-refractivity contribution in [3.8, 4) is 5.75 Å². The van der Waals surface area contributed by atoms with Crippen molar-refractivity contribution in [2.45, 2.75) is 6.42 Å². The van der Waals surface area contributed by atoms with Crippen molar-refractivity contribution in [3.63, 3.8) is 0 Å². The second-order valence-electron chi connectivity index (χ2n) is 2.72. The van der Waals surface area contributed by atoms with E-state index in [1.54, 1.807) is 24.3 Å². The number of para-hydroxylation sites is 1. The lowest BCUT2D eigenvalue weighted by Crippen LogP contribution is -1.80. The number of benzene rings is 1. The minimum atomic E-state index is 0.221. The van der Waals surface area contributed by atoms with E-state index in [1.165, 1.54) is 0 Å². The smallest absolute Gasteiger partial charge is 0.119 e. The summed E-state index contributed by atoms with van der Waals surface area (Å²) >= 11 is 10.8. The molecule has 1 aromatic carbocycles. The van der Waals surface area contributed by atoms with Crippen LogP contribution >= 0.6 is 23.2 Å². The summed E-state index contributed by atoms with van der Waals surface area (Å²) in [6.07, 6.45) is 5.87. The lowest BCUT2D eigenvalue weighted by Gasteiger charge is -1.98. The van der Waals surface area contributed by atoms with Crippen LogP contribution < -0.4 is 0 Å². The Morgan fingerprint density at radius 3 is 2.64 bits per heavy atom. The van der Waals surface area contributed by atoms with Gasteiger partial charge in [-0.05, 0) is 24.1 Å². The van der Waals surface area contributed by atoms with Crippen LogP contribution in [-0.2, 0) is 6.42 Å². The Balaban J connectivity index is 2.58. The molecular weight excluding hydrogens is 219 g/mol. The van der Waals surface area contributed by atoms with Gasteiger partial charge in [-0.1, -0.05) is 53.6 Å². The lowest BCUT2D eigenvalue weighted by molar-refractivity contribution is 0.470. The topological polar surface area (TPSA) is 20.2 Å². The predicted molar refractivity (Wildman–Crippen MR) is 60.7 cm³/mol. The summed E-state index contributed by atoms with van der Waals surface area (Å²) in [6, 6.07) is 7.20. The molecule has 0 aromatic heterocycles. The van der Waals surface area contributed by atoms with Crippen molar-refractivity contribution in [3.05, 3.63) is 52.5 Å². The van der Waals surface area contributed by atoms with Gasteiger partial charge in [0.05, 0.1) is 0 Å². The maximum absolute atomic E-state index is 9.42. The summed E-state index contributed by atoms with van der Waals surface area (Å²) < 4.78 is 0.221. The second kappa shape index (κ2) is 5.74. The van der Waals surface area contributed by atoms with Crippen LogP contribution in [-0.4, -0.2) is 5.11 Å². The van der Waals surface area contributed by atoms with Gasteiger partial charge in [0.1, 0.15) is 10.2 Å². The summed E-state index contributed by atoms with van der Waals surface area (Å²) in [5.74, 6) is 0.304. The molecule has 74 valence electrons. The predicted octanol–water partition coefficient (Wildman–Crippen LogP) is 3.81. The zero-order valence-corrected chi connectivity index (χ0v) is 8.96. The zero-order valence-electron chi connectivity index (χ0n) is 7.45. The van der Waals surface area contributed by atoms with Gasteiger partial charge in [0.25, 0.3) is 0 Å². The third kappa shape index (κ3) is 3.86. The van der Waals surface area contributed by atoms with E-state index < -0.39 is 0 Å². The Kier molecular flexibility index (Phi) is 4.57. The number of aromatic hydroxyl groups is 1. The van der Waals surface area contributed by atoms with E-state index in [4.69, 9.17) is 23.2 Å². The molecule has 0 amide bonds. The van der Waals surface area contributed by atoms with Gasteiger partial charge in [-0.25, -0.2) is 0 Å². The number of phenols is 1. The average molecular weight is 229 g/mol. The van der Waals surface area contributed by atoms with Crippen molar-refractivity contribution in [2.24, 2.45) is 0 Å². The highest BCUT2D eigenvalue weighted by molar-refractivity contribution is 6.55. The molecule has 1 rings (SSSR count). The Hall–Kier alpha value is -0.920. The molecule has 0 aliphatic rings. The van der Waals surface area contributed by atoms with Gasteiger partial charge < -0.3 is 5.11 Å². The highest BCUT2D eigenvalue weighted by atomic mass is 35.5. The van der Waals surface area contributed by atoms with Gasteiger partial charge in [-0.15, -0.1) is 0 Å². The van der Waals surface area contributed by atoms with Crippen molar-refractivity contribution < 1.29 is 5.11 Å². The van der Waals surface area contributed by atoms with E-state index in [2.05, 4.69) is 0 Å². The van der Waals surface area contributed by atoms with Crippen LogP contribution in [0.5, 0.6) is 5.75 Å². The van der Waals surface area contributed by atoms with Crippen molar-refractivity contribution in [1.29, 1.82) is 0 Å². The lowest BCUT2D eigenvalue weighted by atomic mass is 10.1. The fraction of sp³-hybridized carbons (Fsp3) is 0.0909. The normalized spacial score (nSPS) is 10.4. The van der Waals surface area contributed by atoms with Gasteiger partial charge in [-0.2, -0.15) is 0 Å². The second-order valence-corrected chi connectivity index (χ2v) is 3.73. The molecule has 0 aliphatic carbocycles. The molecule has 0 unspecified atom stereocenters. The molecule has 1 aromatic rings. The molecular formula is C11H10Cl2O. The van der Waals surface area contributed by atoms with Gasteiger partial charge in [0.2, 0.25) is 0 Å². The van der Waals surface area contributed by atoms with Gasteiger partial charge >= 0.3 is 0 Å². The molecule has 0 bridgehead atoms. The van der Waals surface area contributed by atoms with E-state index in [-0.39, 0.29) is 4.49 Å². The van der Waals surface area contributed by atoms with Gasteiger partial charge in [-0.3, -0.25) is 0 Å². The first-order valence-electron chi connectivity index (χ1n) is 4.15. The molecule has 14 heavy (non-hydrogen) atoms. The molecule has 0 fully saturated rings. The SMILES string of the molecule is Oc1ccccc1CC=CC=C(Cl)Cl. The summed E-state index contributed by atoms with van der Waals surface area (Å²) in [5, 5.41) is 9.42. The van der Waals surface area contributed by atoms with E-state index in [0.29, 0.717) is 12.2 Å². The molecule has 0 spiro atoms. The van der Waals surface area contributed by atoms with Crippen LogP contribution in [0.4, 0.5) is 0 Å². The molecule has 0 radical (unpaired) electrons. The standard InChI is InChI=1S/C11H10Cl2O/c12-11(13)8-4-2-6-9-5-1-3-7-10(9)14/h1-5,7-8,14H,6H2. The number of phenolic OH excluding ortho intramolecular Hbond substituents is 1. The van der Waals surface area contributed by atoms with Crippen LogP contribution in [0, 0.1) is 0 Å². The van der Waals surface area contributed by atoms with Gasteiger partial charge in [0, 0.05) is 0 Å². The minimum absolute atomic E-state index is 0.221. The maximum atomic E-state index is 9.42. The van der Waals surface area contributed by atoms with Crippen LogP contribution in [0.3, 0.4) is 0 Å². The molecule has 0 heterocycles. The third-order valence-corrected chi connectivity index (χ3v) is 1.94. The van der Waals surface area contributed by atoms with Crippen molar-refractivity contribution in [1.82, 2.24) is 0 Å². The average Bonchev–Trinajstić information content (AvgIpc) is 2.15. The highest BCUT2D eigenvalue weighted by Crippen LogP contribution is 2.16. The zero-order chi connectivity index (χ0) is 10.4. The Labute approximate surface area is 93.3 Å². The summed E-state index contributed by atoms with van der Waals surface area (Å²) in [6.45, 7) is 0. The number of hydrogen-bond donors (Lipinski definition) is 1. The molecule has 0 atom stereocenters. The minimum Gasteiger partial charge on any atom is -0.508 e. The van der Waals surface area contributed by atoms with Crippen LogP contribution in [0.25, 0.3) is 0 Å². The van der Waals surface area contributed by atoms with E-state index in [9.17, 15) is 5.11 Å². The summed E-state index contributed by atoms with van der Waals surface area (Å²) in [5.41, 5.74) is 0.878. The molecule has 1 N–H and O–H groups in total. The van der Waals surface area contributed by atoms with Crippen LogP contribution in [0.2, 0.25) is 0 Å². The quantitative estimate of drug-likeness (QED) is 0.781. The molecule has 0 saturated carbocycles. The fourth-order valence-electron chi connectivity index (χ4n) is 1.02. The van der Waals surface area contributed by atoms with Gasteiger partial charge in [0.15, 0.2) is 0 Å². The number of halogens is 2. The monoisotopic (exact) mass is 228 g/mol. The summed E-state index contributed by atoms with van der Waals surface area (Å²) in [4.78, 5) is 0. The van der Waals surface area contributed by atoms with E-state index >= 15 is 0 Å². The van der Waals surface area contributed by atoms with E-state index in [0.717, 1.165) is 5.56 Å². The molecule has 0 saturated heterocycles. The number of hydrogen-bond acceptors (Lipinski definition) is 1. The molecule has 3 heteroatoms. The fourth-order valence-corrected chi connectivity index (χ4v) is 1.16. The number of rotatable bonds is 3. The first-order valence-corrected chi connectivity index (χ1v) is 4.90. The Bertz CT molecular complexity index is 352. The molecule has 0 aliphatic heterocycles. The summed E-state index contributed by atoms with van der Waals surface area (Å²) in [7, 11) is 0. The van der Waals surface area contributed by atoms with Crippen molar-refractivity contribution in [2.75, 3.05) is 0 Å². The van der Waals surface area contributed by atoms with Crippen LogP contribution in [0.15, 0.2) is 47.0 Å². The van der Waals surface area contributed by atoms with E-state index in [1.807, 2.05) is 18.2 Å². The first-order chi connectivity index (χ1) is 6.70. The highest BCUT2D eigenvalue weighted by Gasteiger charge is 1.94. The Morgan fingerprint density at radius 2 is 2.00 bits per heavy atom. The van der Waals surface area contributed by atoms with Crippen molar-refractivity contribution >= 4 is 23.2 Å². The maximum Gasteiger partial charge on any atom is 0.119 e. The first kappa shape index (κ1) is 11.2. The van der Waals surface area contributed by atoms with Crippen LogP contribution in [0.1, 0.15) is 5.56 Å².